The van der Waals surface area contributed by atoms with Crippen LogP contribution in [-0.2, 0) is 15.7 Å². The lowest BCUT2D eigenvalue weighted by Gasteiger charge is -2.16. The van der Waals surface area contributed by atoms with Gasteiger partial charge in [-0.15, -0.1) is 0 Å². The van der Waals surface area contributed by atoms with Gasteiger partial charge in [-0.25, -0.2) is 4.39 Å². The standard InChI is InChI=1S/C12H12BrF4NO2/c1-2-20-10(19)5-9(18)7-3-6(13)4-8(11(7)14)12(15,16)17/h3-4,9H,2,5,18H2,1H3. The number of hydrogen-bond donors (Lipinski definition) is 1. The first kappa shape index (κ1) is 16.9. The zero-order valence-electron chi connectivity index (χ0n) is 10.4. The second kappa shape index (κ2) is 6.53. The molecule has 0 aromatic heterocycles. The van der Waals surface area contributed by atoms with Gasteiger partial charge in [0.05, 0.1) is 18.6 Å². The summed E-state index contributed by atoms with van der Waals surface area (Å²) in [6.07, 6.45) is -5.25. The van der Waals surface area contributed by atoms with E-state index in [4.69, 9.17) is 5.73 Å². The Kier molecular flexibility index (Phi) is 5.52. The maximum Gasteiger partial charge on any atom is 0.419 e. The number of ether oxygens (including phenoxy) is 1. The number of esters is 1. The highest BCUT2D eigenvalue weighted by Gasteiger charge is 2.36. The van der Waals surface area contributed by atoms with Gasteiger partial charge in [0.25, 0.3) is 0 Å². The maximum absolute atomic E-state index is 13.9. The number of carbonyl (C=O) groups excluding carboxylic acids is 1. The molecule has 0 saturated heterocycles. The molecule has 8 heteroatoms. The van der Waals surface area contributed by atoms with Crippen molar-refractivity contribution in [3.05, 3.63) is 33.5 Å². The van der Waals surface area contributed by atoms with E-state index in [1.807, 2.05) is 0 Å². The Labute approximate surface area is 121 Å². The SMILES string of the molecule is CCOC(=O)CC(N)c1cc(Br)cc(C(F)(F)F)c1F. The molecule has 0 fully saturated rings. The maximum atomic E-state index is 13.9. The van der Waals surface area contributed by atoms with Gasteiger partial charge in [-0.1, -0.05) is 15.9 Å². The van der Waals surface area contributed by atoms with Crippen LogP contribution < -0.4 is 5.73 Å². The van der Waals surface area contributed by atoms with E-state index in [9.17, 15) is 22.4 Å². The first-order valence-electron chi connectivity index (χ1n) is 5.64. The predicted molar refractivity (Wildman–Crippen MR) is 67.3 cm³/mol. The number of alkyl halides is 3. The fourth-order valence-electron chi connectivity index (χ4n) is 1.60. The molecule has 0 bridgehead atoms. The van der Waals surface area contributed by atoms with E-state index in [2.05, 4.69) is 20.7 Å². The van der Waals surface area contributed by atoms with Crippen molar-refractivity contribution < 1.29 is 27.1 Å². The lowest BCUT2D eigenvalue weighted by atomic mass is 10.0. The Morgan fingerprint density at radius 3 is 2.55 bits per heavy atom. The van der Waals surface area contributed by atoms with Gasteiger partial charge < -0.3 is 10.5 Å². The zero-order valence-corrected chi connectivity index (χ0v) is 12.0. The molecule has 2 N–H and O–H groups in total. The van der Waals surface area contributed by atoms with Crippen LogP contribution in [0.1, 0.15) is 30.5 Å². The summed E-state index contributed by atoms with van der Waals surface area (Å²) in [5, 5.41) is 0. The first-order chi connectivity index (χ1) is 9.16. The molecule has 1 atom stereocenters. The molecule has 1 aromatic rings. The van der Waals surface area contributed by atoms with Gasteiger partial charge >= 0.3 is 12.1 Å². The van der Waals surface area contributed by atoms with Gasteiger partial charge in [-0.3, -0.25) is 4.79 Å². The number of halogens is 5. The highest BCUT2D eigenvalue weighted by Crippen LogP contribution is 2.36. The number of carbonyl (C=O) groups is 1. The number of nitrogens with two attached hydrogens (primary N) is 1. The molecule has 0 saturated carbocycles. The van der Waals surface area contributed by atoms with Gasteiger partial charge in [0.15, 0.2) is 0 Å². The average molecular weight is 358 g/mol. The summed E-state index contributed by atoms with van der Waals surface area (Å²) < 4.78 is 56.5. The quantitative estimate of drug-likeness (QED) is 0.662. The van der Waals surface area contributed by atoms with Crippen molar-refractivity contribution in [1.82, 2.24) is 0 Å². The first-order valence-corrected chi connectivity index (χ1v) is 6.43. The Hall–Kier alpha value is -1.15. The molecule has 0 aliphatic carbocycles. The van der Waals surface area contributed by atoms with E-state index < -0.39 is 36.0 Å². The number of hydrogen-bond acceptors (Lipinski definition) is 3. The predicted octanol–water partition coefficient (Wildman–Crippen LogP) is 3.56. The fourth-order valence-corrected chi connectivity index (χ4v) is 2.07. The Bertz CT molecular complexity index is 505. The third-order valence-corrected chi connectivity index (χ3v) is 2.92. The van der Waals surface area contributed by atoms with E-state index in [1.165, 1.54) is 0 Å². The van der Waals surface area contributed by atoms with Gasteiger partial charge in [0, 0.05) is 16.1 Å². The van der Waals surface area contributed by atoms with Gasteiger partial charge in [0.2, 0.25) is 0 Å². The molecule has 3 nitrogen and oxygen atoms in total. The van der Waals surface area contributed by atoms with Crippen molar-refractivity contribution in [2.45, 2.75) is 25.6 Å². The largest absolute Gasteiger partial charge is 0.466 e. The minimum Gasteiger partial charge on any atom is -0.466 e. The van der Waals surface area contributed by atoms with Crippen LogP contribution in [0.3, 0.4) is 0 Å². The van der Waals surface area contributed by atoms with E-state index in [0.717, 1.165) is 6.07 Å². The summed E-state index contributed by atoms with van der Waals surface area (Å²) in [6.45, 7) is 1.69. The van der Waals surface area contributed by atoms with Crippen LogP contribution in [0.25, 0.3) is 0 Å². The minimum absolute atomic E-state index is 0.0283. The summed E-state index contributed by atoms with van der Waals surface area (Å²) in [5.74, 6) is -2.18. The normalized spacial score (nSPS) is 13.2. The van der Waals surface area contributed by atoms with Crippen molar-refractivity contribution in [3.8, 4) is 0 Å². The highest BCUT2D eigenvalue weighted by molar-refractivity contribution is 9.10. The Balaban J connectivity index is 3.12. The van der Waals surface area contributed by atoms with E-state index in [-0.39, 0.29) is 16.6 Å². The van der Waals surface area contributed by atoms with Crippen molar-refractivity contribution in [2.75, 3.05) is 6.61 Å². The molecule has 1 rings (SSSR count). The molecular formula is C12H12BrF4NO2. The summed E-state index contributed by atoms with van der Waals surface area (Å²) in [7, 11) is 0. The summed E-state index contributed by atoms with van der Waals surface area (Å²) in [5.41, 5.74) is 3.76. The minimum atomic E-state index is -4.84. The third-order valence-electron chi connectivity index (χ3n) is 2.46. The molecule has 0 heterocycles. The second-order valence-electron chi connectivity index (χ2n) is 3.97. The average Bonchev–Trinajstić information content (AvgIpc) is 2.30. The topological polar surface area (TPSA) is 52.3 Å². The van der Waals surface area contributed by atoms with Crippen LogP contribution in [0, 0.1) is 5.82 Å². The smallest absolute Gasteiger partial charge is 0.419 e. The molecule has 20 heavy (non-hydrogen) atoms. The summed E-state index contributed by atoms with van der Waals surface area (Å²) >= 11 is 2.87. The summed E-state index contributed by atoms with van der Waals surface area (Å²) in [4.78, 5) is 11.2. The van der Waals surface area contributed by atoms with Crippen LogP contribution >= 0.6 is 15.9 Å². The van der Waals surface area contributed by atoms with Crippen molar-refractivity contribution in [2.24, 2.45) is 5.73 Å². The van der Waals surface area contributed by atoms with Gasteiger partial charge in [0.1, 0.15) is 5.82 Å². The molecule has 112 valence electrons. The van der Waals surface area contributed by atoms with Gasteiger partial charge in [-0.05, 0) is 19.1 Å². The third kappa shape index (κ3) is 4.17. The molecule has 0 aliphatic rings. The van der Waals surface area contributed by atoms with Crippen LogP contribution in [0.5, 0.6) is 0 Å². The number of rotatable bonds is 4. The van der Waals surface area contributed by atoms with E-state index >= 15 is 0 Å². The fraction of sp³-hybridized carbons (Fsp3) is 0.417. The molecule has 0 radical (unpaired) electrons. The van der Waals surface area contributed by atoms with Crippen molar-refractivity contribution in [3.63, 3.8) is 0 Å². The van der Waals surface area contributed by atoms with Gasteiger partial charge in [-0.2, -0.15) is 13.2 Å². The second-order valence-corrected chi connectivity index (χ2v) is 4.89. The Morgan fingerprint density at radius 1 is 1.45 bits per heavy atom. The lowest BCUT2D eigenvalue weighted by molar-refractivity contribution is -0.143. The van der Waals surface area contributed by atoms with Crippen LogP contribution in [-0.4, -0.2) is 12.6 Å². The van der Waals surface area contributed by atoms with Crippen molar-refractivity contribution >= 4 is 21.9 Å². The molecule has 1 unspecified atom stereocenters. The van der Waals surface area contributed by atoms with Crippen molar-refractivity contribution in [1.29, 1.82) is 0 Å². The summed E-state index contributed by atoms with van der Waals surface area (Å²) in [6, 6.07) is 0.525. The van der Waals surface area contributed by atoms with Crippen LogP contribution in [0.4, 0.5) is 17.6 Å². The monoisotopic (exact) mass is 357 g/mol. The van der Waals surface area contributed by atoms with Crippen LogP contribution in [0.15, 0.2) is 16.6 Å². The Morgan fingerprint density at radius 2 is 2.05 bits per heavy atom. The van der Waals surface area contributed by atoms with E-state index in [0.29, 0.717) is 6.07 Å². The molecule has 0 amide bonds. The number of benzene rings is 1. The molecule has 0 spiro atoms. The highest BCUT2D eigenvalue weighted by atomic mass is 79.9. The molecule has 1 aromatic carbocycles. The van der Waals surface area contributed by atoms with Crippen LogP contribution in [0.2, 0.25) is 0 Å². The van der Waals surface area contributed by atoms with E-state index in [1.54, 1.807) is 6.92 Å². The zero-order chi connectivity index (χ0) is 15.5. The molecule has 0 aliphatic heterocycles. The lowest BCUT2D eigenvalue weighted by Crippen LogP contribution is -2.20. The molecular weight excluding hydrogens is 346 g/mol.